The van der Waals surface area contributed by atoms with E-state index in [1.165, 1.54) is 17.7 Å². The van der Waals surface area contributed by atoms with Gasteiger partial charge in [-0.1, -0.05) is 29.8 Å². The van der Waals surface area contributed by atoms with Crippen LogP contribution in [-0.4, -0.2) is 6.04 Å². The zero-order valence-corrected chi connectivity index (χ0v) is 12.1. The molecular formula is C15H16ClNOS. The van der Waals surface area contributed by atoms with E-state index in [1.54, 1.807) is 11.3 Å². The number of nitrogens with one attached hydrogen (secondary N) is 1. The first-order valence-corrected chi connectivity index (χ1v) is 7.74. The van der Waals surface area contributed by atoms with Crippen molar-refractivity contribution in [2.24, 2.45) is 0 Å². The number of halogens is 1. The van der Waals surface area contributed by atoms with Gasteiger partial charge in [-0.05, 0) is 30.4 Å². The Labute approximate surface area is 122 Å². The molecule has 100 valence electrons. The van der Waals surface area contributed by atoms with E-state index in [0.717, 1.165) is 17.9 Å². The molecule has 1 fully saturated rings. The van der Waals surface area contributed by atoms with Crippen LogP contribution >= 0.6 is 22.9 Å². The van der Waals surface area contributed by atoms with Crippen LogP contribution in [0.5, 0.6) is 5.75 Å². The number of thiophene rings is 1. The van der Waals surface area contributed by atoms with Crippen LogP contribution in [0.1, 0.15) is 23.3 Å². The van der Waals surface area contributed by atoms with Crippen molar-refractivity contribution < 1.29 is 4.74 Å². The zero-order chi connectivity index (χ0) is 13.1. The molecule has 19 heavy (non-hydrogen) atoms. The van der Waals surface area contributed by atoms with E-state index in [-0.39, 0.29) is 0 Å². The molecule has 2 nitrogen and oxygen atoms in total. The van der Waals surface area contributed by atoms with Crippen molar-refractivity contribution in [2.45, 2.75) is 32.0 Å². The number of rotatable bonds is 6. The van der Waals surface area contributed by atoms with Crippen molar-refractivity contribution in [3.63, 3.8) is 0 Å². The summed E-state index contributed by atoms with van der Waals surface area (Å²) >= 11 is 7.95. The number of para-hydroxylation sites is 1. The molecular weight excluding hydrogens is 278 g/mol. The third kappa shape index (κ3) is 3.50. The molecule has 1 saturated carbocycles. The van der Waals surface area contributed by atoms with Crippen molar-refractivity contribution in [1.82, 2.24) is 5.32 Å². The van der Waals surface area contributed by atoms with Crippen LogP contribution in [0.4, 0.5) is 0 Å². The van der Waals surface area contributed by atoms with Crippen LogP contribution in [0.3, 0.4) is 0 Å². The summed E-state index contributed by atoms with van der Waals surface area (Å²) in [6, 6.07) is 10.7. The Bertz CT molecular complexity index is 537. The smallest absolute Gasteiger partial charge is 0.142 e. The van der Waals surface area contributed by atoms with E-state index in [2.05, 4.69) is 22.8 Å². The van der Waals surface area contributed by atoms with Gasteiger partial charge < -0.3 is 10.1 Å². The van der Waals surface area contributed by atoms with Crippen LogP contribution in [0.15, 0.2) is 35.7 Å². The molecule has 0 amide bonds. The average Bonchev–Trinajstić information content (AvgIpc) is 3.10. The van der Waals surface area contributed by atoms with Crippen LogP contribution in [0.25, 0.3) is 0 Å². The number of hydrogen-bond donors (Lipinski definition) is 1. The Morgan fingerprint density at radius 3 is 2.89 bits per heavy atom. The summed E-state index contributed by atoms with van der Waals surface area (Å²) in [7, 11) is 0. The van der Waals surface area contributed by atoms with E-state index in [1.807, 2.05) is 18.2 Å². The van der Waals surface area contributed by atoms with Crippen LogP contribution in [-0.2, 0) is 13.2 Å². The lowest BCUT2D eigenvalue weighted by molar-refractivity contribution is 0.306. The SMILES string of the molecule is Clc1cccc(CNC2CC2)c1OCc1cccs1. The van der Waals surface area contributed by atoms with Gasteiger partial charge in [0.2, 0.25) is 0 Å². The maximum absolute atomic E-state index is 6.25. The Balaban J connectivity index is 1.69. The minimum Gasteiger partial charge on any atom is -0.486 e. The Hall–Kier alpha value is -1.03. The van der Waals surface area contributed by atoms with Crippen molar-refractivity contribution >= 4 is 22.9 Å². The summed E-state index contributed by atoms with van der Waals surface area (Å²) < 4.78 is 5.90. The standard InChI is InChI=1S/C15H16ClNOS/c16-14-5-1-3-11(9-17-12-6-7-12)15(14)18-10-13-4-2-8-19-13/h1-5,8,12,17H,6-7,9-10H2. The van der Waals surface area contributed by atoms with Gasteiger partial charge in [0.05, 0.1) is 5.02 Å². The molecule has 3 rings (SSSR count). The summed E-state index contributed by atoms with van der Waals surface area (Å²) in [5, 5.41) is 6.24. The molecule has 0 aliphatic heterocycles. The summed E-state index contributed by atoms with van der Waals surface area (Å²) in [6.07, 6.45) is 2.57. The highest BCUT2D eigenvalue weighted by Crippen LogP contribution is 2.30. The molecule has 1 heterocycles. The number of benzene rings is 1. The third-order valence-corrected chi connectivity index (χ3v) is 4.29. The van der Waals surface area contributed by atoms with Crippen molar-refractivity contribution in [2.75, 3.05) is 0 Å². The molecule has 0 unspecified atom stereocenters. The largest absolute Gasteiger partial charge is 0.486 e. The van der Waals surface area contributed by atoms with Crippen molar-refractivity contribution in [3.8, 4) is 5.75 Å². The molecule has 0 saturated heterocycles. The number of hydrogen-bond acceptors (Lipinski definition) is 3. The molecule has 0 atom stereocenters. The Morgan fingerprint density at radius 2 is 2.16 bits per heavy atom. The highest BCUT2D eigenvalue weighted by Gasteiger charge is 2.21. The van der Waals surface area contributed by atoms with Gasteiger partial charge in [-0.3, -0.25) is 0 Å². The van der Waals surface area contributed by atoms with Crippen molar-refractivity contribution in [1.29, 1.82) is 0 Å². The maximum atomic E-state index is 6.25. The van der Waals surface area contributed by atoms with E-state index < -0.39 is 0 Å². The minimum atomic E-state index is 0.581. The average molecular weight is 294 g/mol. The normalized spacial score (nSPS) is 14.6. The summed E-state index contributed by atoms with van der Waals surface area (Å²) in [6.45, 7) is 1.41. The molecule has 0 bridgehead atoms. The fourth-order valence-corrected chi connectivity index (χ4v) is 2.80. The van der Waals surface area contributed by atoms with Gasteiger partial charge in [0.25, 0.3) is 0 Å². The van der Waals surface area contributed by atoms with Gasteiger partial charge in [-0.2, -0.15) is 0 Å². The molecule has 1 N–H and O–H groups in total. The van der Waals surface area contributed by atoms with Crippen LogP contribution < -0.4 is 10.1 Å². The molecule has 1 aliphatic carbocycles. The zero-order valence-electron chi connectivity index (χ0n) is 10.6. The quantitative estimate of drug-likeness (QED) is 0.860. The van der Waals surface area contributed by atoms with Crippen LogP contribution in [0, 0.1) is 0 Å². The lowest BCUT2D eigenvalue weighted by Crippen LogP contribution is -2.16. The van der Waals surface area contributed by atoms with E-state index in [0.29, 0.717) is 17.7 Å². The Morgan fingerprint density at radius 1 is 1.26 bits per heavy atom. The second-order valence-corrected chi connectivity index (χ2v) is 6.19. The van der Waals surface area contributed by atoms with Gasteiger partial charge in [-0.15, -0.1) is 11.3 Å². The van der Waals surface area contributed by atoms with E-state index in [4.69, 9.17) is 16.3 Å². The molecule has 0 spiro atoms. The monoisotopic (exact) mass is 293 g/mol. The van der Waals surface area contributed by atoms with Crippen molar-refractivity contribution in [3.05, 3.63) is 51.2 Å². The van der Waals surface area contributed by atoms with E-state index in [9.17, 15) is 0 Å². The molecule has 1 aliphatic rings. The maximum Gasteiger partial charge on any atom is 0.142 e. The second kappa shape index (κ2) is 5.95. The summed E-state index contributed by atoms with van der Waals surface area (Å²) in [4.78, 5) is 1.21. The molecule has 2 aromatic rings. The topological polar surface area (TPSA) is 21.3 Å². The van der Waals surface area contributed by atoms with Crippen LogP contribution in [0.2, 0.25) is 5.02 Å². The molecule has 4 heteroatoms. The van der Waals surface area contributed by atoms with E-state index >= 15 is 0 Å². The highest BCUT2D eigenvalue weighted by molar-refractivity contribution is 7.09. The lowest BCUT2D eigenvalue weighted by atomic mass is 10.2. The fourth-order valence-electron chi connectivity index (χ4n) is 1.93. The Kier molecular flexibility index (Phi) is 4.06. The minimum absolute atomic E-state index is 0.581. The third-order valence-electron chi connectivity index (χ3n) is 3.15. The molecule has 0 radical (unpaired) electrons. The first kappa shape index (κ1) is 13.0. The lowest BCUT2D eigenvalue weighted by Gasteiger charge is -2.13. The second-order valence-electron chi connectivity index (χ2n) is 4.75. The predicted molar refractivity (Wildman–Crippen MR) is 80.0 cm³/mol. The van der Waals surface area contributed by atoms with Gasteiger partial charge in [0, 0.05) is 23.0 Å². The van der Waals surface area contributed by atoms with Gasteiger partial charge in [-0.25, -0.2) is 0 Å². The molecule has 1 aromatic heterocycles. The summed E-state index contributed by atoms with van der Waals surface area (Å²) in [5.41, 5.74) is 1.14. The highest BCUT2D eigenvalue weighted by atomic mass is 35.5. The number of ether oxygens (including phenoxy) is 1. The fraction of sp³-hybridized carbons (Fsp3) is 0.333. The van der Waals surface area contributed by atoms with Gasteiger partial charge >= 0.3 is 0 Å². The molecule has 1 aromatic carbocycles. The summed E-state index contributed by atoms with van der Waals surface area (Å²) in [5.74, 6) is 0.811. The predicted octanol–water partition coefficient (Wildman–Crippen LogP) is 4.23. The first-order valence-electron chi connectivity index (χ1n) is 6.49. The van der Waals surface area contributed by atoms with Gasteiger partial charge in [0.15, 0.2) is 0 Å². The first-order chi connectivity index (χ1) is 9.33. The van der Waals surface area contributed by atoms with Gasteiger partial charge in [0.1, 0.15) is 12.4 Å².